The Morgan fingerprint density at radius 1 is 1.29 bits per heavy atom. The van der Waals surface area contributed by atoms with Gasteiger partial charge in [-0.25, -0.2) is 0 Å². The zero-order chi connectivity index (χ0) is 11.8. The van der Waals surface area contributed by atoms with Crippen molar-refractivity contribution < 1.29 is 4.74 Å². The summed E-state index contributed by atoms with van der Waals surface area (Å²) in [6.07, 6.45) is 8.57. The second kappa shape index (κ2) is 4.46. The third kappa shape index (κ3) is 2.26. The van der Waals surface area contributed by atoms with Crippen LogP contribution in [0.2, 0.25) is 5.02 Å². The number of piperidine rings is 1. The molecule has 1 aromatic heterocycles. The van der Waals surface area contributed by atoms with Crippen molar-refractivity contribution >= 4 is 11.6 Å². The van der Waals surface area contributed by atoms with E-state index in [0.29, 0.717) is 23.2 Å². The average Bonchev–Trinajstić information content (AvgIpc) is 2.52. The maximum absolute atomic E-state index is 5.99. The normalized spacial score (nSPS) is 32.7. The molecule has 17 heavy (non-hydrogen) atoms. The molecule has 3 nitrogen and oxygen atoms in total. The van der Waals surface area contributed by atoms with Crippen molar-refractivity contribution in [2.24, 2.45) is 0 Å². The van der Waals surface area contributed by atoms with Crippen LogP contribution in [0.5, 0.6) is 5.75 Å². The molecule has 3 heterocycles. The Bertz CT molecular complexity index is 398. The second-order valence-corrected chi connectivity index (χ2v) is 5.54. The van der Waals surface area contributed by atoms with Gasteiger partial charge in [-0.3, -0.25) is 4.98 Å². The fourth-order valence-corrected chi connectivity index (χ4v) is 3.27. The quantitative estimate of drug-likeness (QED) is 0.809. The van der Waals surface area contributed by atoms with E-state index in [1.165, 1.54) is 12.8 Å². The van der Waals surface area contributed by atoms with Crippen LogP contribution in [0.3, 0.4) is 0 Å². The first-order valence-electron chi connectivity index (χ1n) is 6.21. The lowest BCUT2D eigenvalue weighted by molar-refractivity contribution is 0.0659. The molecule has 0 spiro atoms. The number of ether oxygens (including phenoxy) is 1. The Kier molecular flexibility index (Phi) is 2.97. The number of rotatable bonds is 2. The fraction of sp³-hybridized carbons (Fsp3) is 0.615. The minimum absolute atomic E-state index is 0.323. The molecule has 4 heteroatoms. The van der Waals surface area contributed by atoms with Gasteiger partial charge < -0.3 is 9.64 Å². The molecular formula is C13H17ClN2O. The third-order valence-electron chi connectivity index (χ3n) is 4.04. The van der Waals surface area contributed by atoms with Crippen LogP contribution >= 0.6 is 11.6 Å². The maximum Gasteiger partial charge on any atom is 0.139 e. The number of aromatic nitrogens is 1. The zero-order valence-corrected chi connectivity index (χ0v) is 10.7. The van der Waals surface area contributed by atoms with Gasteiger partial charge in [0.15, 0.2) is 0 Å². The van der Waals surface area contributed by atoms with E-state index in [9.17, 15) is 0 Å². The molecule has 2 saturated heterocycles. The third-order valence-corrected chi connectivity index (χ3v) is 4.24. The number of halogens is 1. The fourth-order valence-electron chi connectivity index (χ4n) is 3.11. The van der Waals surface area contributed by atoms with Gasteiger partial charge in [-0.15, -0.1) is 0 Å². The number of fused-ring (bicyclic) bond motifs is 2. The van der Waals surface area contributed by atoms with Gasteiger partial charge in [-0.1, -0.05) is 11.6 Å². The van der Waals surface area contributed by atoms with Crippen LogP contribution in [-0.4, -0.2) is 35.1 Å². The summed E-state index contributed by atoms with van der Waals surface area (Å²) in [6, 6.07) is 3.24. The number of hydrogen-bond acceptors (Lipinski definition) is 3. The van der Waals surface area contributed by atoms with Gasteiger partial charge in [0.1, 0.15) is 11.9 Å². The van der Waals surface area contributed by atoms with Crippen LogP contribution in [0.25, 0.3) is 0 Å². The van der Waals surface area contributed by atoms with Crippen LogP contribution in [0.15, 0.2) is 18.5 Å². The van der Waals surface area contributed by atoms with Crippen molar-refractivity contribution in [2.45, 2.75) is 43.9 Å². The molecule has 0 unspecified atom stereocenters. The molecule has 2 aliphatic rings. The molecule has 2 fully saturated rings. The Morgan fingerprint density at radius 2 is 2.00 bits per heavy atom. The van der Waals surface area contributed by atoms with Gasteiger partial charge in [-0.05, 0) is 32.7 Å². The minimum atomic E-state index is 0.323. The lowest BCUT2D eigenvalue weighted by Crippen LogP contribution is -2.43. The first-order valence-corrected chi connectivity index (χ1v) is 6.59. The standard InChI is InChI=1S/C13H17ClN2O/c1-16-10-2-3-11(16)6-12(5-10)17-13-4-9(14)7-15-8-13/h4,7-8,10-12H,2-3,5-6H2,1H3/t10-,11+,12-. The molecule has 0 amide bonds. The summed E-state index contributed by atoms with van der Waals surface area (Å²) in [5, 5.41) is 0.637. The molecule has 1 aromatic rings. The Balaban J connectivity index is 1.67. The molecule has 92 valence electrons. The molecule has 3 rings (SSSR count). The predicted octanol–water partition coefficient (Wildman–Crippen LogP) is 2.74. The summed E-state index contributed by atoms with van der Waals surface area (Å²) in [7, 11) is 2.24. The summed E-state index contributed by atoms with van der Waals surface area (Å²) in [4.78, 5) is 6.56. The minimum Gasteiger partial charge on any atom is -0.489 e. The van der Waals surface area contributed by atoms with E-state index in [4.69, 9.17) is 16.3 Å². The first-order chi connectivity index (χ1) is 8.22. The Hall–Kier alpha value is -0.800. The Morgan fingerprint density at radius 3 is 2.65 bits per heavy atom. The smallest absolute Gasteiger partial charge is 0.139 e. The van der Waals surface area contributed by atoms with Crippen molar-refractivity contribution in [1.82, 2.24) is 9.88 Å². The number of pyridine rings is 1. The number of hydrogen-bond donors (Lipinski definition) is 0. The lowest BCUT2D eigenvalue weighted by atomic mass is 10.0. The molecule has 0 aromatic carbocycles. The molecule has 2 aliphatic heterocycles. The average molecular weight is 253 g/mol. The molecule has 2 bridgehead atoms. The van der Waals surface area contributed by atoms with Crippen LogP contribution in [0.4, 0.5) is 0 Å². The van der Waals surface area contributed by atoms with E-state index < -0.39 is 0 Å². The van der Waals surface area contributed by atoms with Crippen molar-refractivity contribution in [3.63, 3.8) is 0 Å². The zero-order valence-electron chi connectivity index (χ0n) is 9.97. The van der Waals surface area contributed by atoms with Crippen molar-refractivity contribution in [2.75, 3.05) is 7.05 Å². The van der Waals surface area contributed by atoms with Crippen molar-refractivity contribution in [3.8, 4) is 5.75 Å². The Labute approximate surface area is 107 Å². The summed E-state index contributed by atoms with van der Waals surface area (Å²) in [6.45, 7) is 0. The summed E-state index contributed by atoms with van der Waals surface area (Å²) in [5.41, 5.74) is 0. The molecule has 0 radical (unpaired) electrons. The van der Waals surface area contributed by atoms with Gasteiger partial charge in [0.05, 0.1) is 11.2 Å². The van der Waals surface area contributed by atoms with Crippen LogP contribution < -0.4 is 4.74 Å². The van der Waals surface area contributed by atoms with Crippen molar-refractivity contribution in [3.05, 3.63) is 23.5 Å². The van der Waals surface area contributed by atoms with Gasteiger partial charge in [-0.2, -0.15) is 0 Å². The summed E-state index contributed by atoms with van der Waals surface area (Å²) >= 11 is 5.90. The van der Waals surface area contributed by atoms with Gasteiger partial charge >= 0.3 is 0 Å². The van der Waals surface area contributed by atoms with Crippen LogP contribution in [0.1, 0.15) is 25.7 Å². The highest BCUT2D eigenvalue weighted by atomic mass is 35.5. The van der Waals surface area contributed by atoms with E-state index >= 15 is 0 Å². The SMILES string of the molecule is CN1[C@@H]2CC[C@H]1C[C@H](Oc1cncc(Cl)c1)C2. The predicted molar refractivity (Wildman–Crippen MR) is 67.5 cm³/mol. The van der Waals surface area contributed by atoms with Crippen LogP contribution in [0, 0.1) is 0 Å². The highest BCUT2D eigenvalue weighted by Crippen LogP contribution is 2.35. The number of nitrogens with zero attached hydrogens (tertiary/aromatic N) is 2. The largest absolute Gasteiger partial charge is 0.489 e. The molecule has 0 saturated carbocycles. The highest BCUT2D eigenvalue weighted by molar-refractivity contribution is 6.30. The van der Waals surface area contributed by atoms with Gasteiger partial charge in [0.2, 0.25) is 0 Å². The molecule has 0 aliphatic carbocycles. The summed E-state index contributed by atoms with van der Waals surface area (Å²) < 4.78 is 5.99. The molecular weight excluding hydrogens is 236 g/mol. The molecule has 3 atom stereocenters. The first kappa shape index (κ1) is 11.3. The maximum atomic E-state index is 5.99. The van der Waals surface area contributed by atoms with E-state index in [0.717, 1.165) is 18.6 Å². The topological polar surface area (TPSA) is 25.4 Å². The lowest BCUT2D eigenvalue weighted by Gasteiger charge is -2.36. The monoisotopic (exact) mass is 252 g/mol. The highest BCUT2D eigenvalue weighted by Gasteiger charge is 2.39. The second-order valence-electron chi connectivity index (χ2n) is 5.10. The summed E-state index contributed by atoms with van der Waals surface area (Å²) in [5.74, 6) is 0.798. The van der Waals surface area contributed by atoms with Crippen molar-refractivity contribution in [1.29, 1.82) is 0 Å². The van der Waals surface area contributed by atoms with E-state index in [1.807, 2.05) is 6.07 Å². The van der Waals surface area contributed by atoms with E-state index in [2.05, 4.69) is 16.9 Å². The van der Waals surface area contributed by atoms with E-state index in [-0.39, 0.29) is 0 Å². The molecule has 0 N–H and O–H groups in total. The van der Waals surface area contributed by atoms with Gasteiger partial charge in [0, 0.05) is 24.3 Å². The van der Waals surface area contributed by atoms with Gasteiger partial charge in [0.25, 0.3) is 0 Å². The van der Waals surface area contributed by atoms with Crippen LogP contribution in [-0.2, 0) is 0 Å². The van der Waals surface area contributed by atoms with E-state index in [1.54, 1.807) is 12.4 Å².